The first kappa shape index (κ1) is 16.0. The lowest BCUT2D eigenvalue weighted by Crippen LogP contribution is -2.49. The van der Waals surface area contributed by atoms with Crippen LogP contribution in [-0.4, -0.2) is 44.6 Å². The van der Waals surface area contributed by atoms with E-state index >= 15 is 0 Å². The quantitative estimate of drug-likeness (QED) is 0.743. The van der Waals surface area contributed by atoms with Gasteiger partial charge in [0.1, 0.15) is 11.2 Å². The van der Waals surface area contributed by atoms with Gasteiger partial charge < -0.3 is 9.47 Å². The summed E-state index contributed by atoms with van der Waals surface area (Å²) in [6.45, 7) is 0.0641. The third kappa shape index (κ3) is 1.96. The Morgan fingerprint density at radius 2 is 2.04 bits per heavy atom. The van der Waals surface area contributed by atoms with E-state index in [-0.39, 0.29) is 30.3 Å². The number of nitrogens with zero attached hydrogens (tertiary/aromatic N) is 1. The predicted octanol–water partition coefficient (Wildman–Crippen LogP) is 0.920. The van der Waals surface area contributed by atoms with E-state index in [1.165, 1.54) is 19.3 Å². The summed E-state index contributed by atoms with van der Waals surface area (Å²) >= 11 is 0. The number of carbonyl (C=O) groups excluding carboxylic acids is 3. The van der Waals surface area contributed by atoms with E-state index in [0.717, 1.165) is 0 Å². The fourth-order valence-corrected chi connectivity index (χ4v) is 4.06. The number of amides is 1. The number of Topliss-reactive ketones (excluding diaryl/α,β-unsaturated/α-hetero) is 1. The first-order valence-corrected chi connectivity index (χ1v) is 7.97. The van der Waals surface area contributed by atoms with Crippen LogP contribution in [0.2, 0.25) is 0 Å². The number of rotatable bonds is 2. The summed E-state index contributed by atoms with van der Waals surface area (Å²) in [7, 11) is 2.67. The Kier molecular flexibility index (Phi) is 3.52. The molecule has 0 saturated carbocycles. The molecule has 1 aromatic carbocycles. The highest BCUT2D eigenvalue weighted by atomic mass is 16.7. The Hall–Kier alpha value is -2.51. The van der Waals surface area contributed by atoms with E-state index in [1.807, 2.05) is 0 Å². The average molecular weight is 343 g/mol. The standard InChI is InChI=1S/C18H17NO6/c1-23-16(21)10-7-15-18(8-14(20)11(10)9-25-15)12-5-3-4-6-13(12)19(24-2)17(18)22/h3-7,11,15H,8-9H2,1-2H3. The van der Waals surface area contributed by atoms with Gasteiger partial charge in [0.15, 0.2) is 0 Å². The molecule has 3 heterocycles. The van der Waals surface area contributed by atoms with E-state index in [2.05, 4.69) is 0 Å². The van der Waals surface area contributed by atoms with Gasteiger partial charge in [0.2, 0.25) is 0 Å². The smallest absolute Gasteiger partial charge is 0.334 e. The van der Waals surface area contributed by atoms with Crippen LogP contribution in [0.4, 0.5) is 5.69 Å². The first-order chi connectivity index (χ1) is 12.0. The summed E-state index contributed by atoms with van der Waals surface area (Å²) in [6, 6.07) is 7.16. The molecule has 25 heavy (non-hydrogen) atoms. The maximum Gasteiger partial charge on any atom is 0.334 e. The first-order valence-electron chi connectivity index (χ1n) is 7.97. The highest BCUT2D eigenvalue weighted by Gasteiger charge is 2.61. The van der Waals surface area contributed by atoms with Crippen LogP contribution >= 0.6 is 0 Å². The molecule has 1 spiro atoms. The molecule has 3 atom stereocenters. The third-order valence-corrected chi connectivity index (χ3v) is 5.25. The van der Waals surface area contributed by atoms with Gasteiger partial charge in [-0.3, -0.25) is 14.4 Å². The monoisotopic (exact) mass is 343 g/mol. The topological polar surface area (TPSA) is 82.1 Å². The number of benzene rings is 1. The number of hydroxylamine groups is 1. The average Bonchev–Trinajstić information content (AvgIpc) is 2.73. The third-order valence-electron chi connectivity index (χ3n) is 5.25. The number of ketones is 1. The molecule has 5 rings (SSSR count). The lowest BCUT2D eigenvalue weighted by atomic mass is 9.73. The van der Waals surface area contributed by atoms with Crippen molar-refractivity contribution in [3.63, 3.8) is 0 Å². The summed E-state index contributed by atoms with van der Waals surface area (Å²) in [5.41, 5.74) is 0.295. The van der Waals surface area contributed by atoms with E-state index < -0.39 is 23.4 Å². The molecule has 7 nitrogen and oxygen atoms in total. The Bertz CT molecular complexity index is 816. The van der Waals surface area contributed by atoms with Crippen LogP contribution in [-0.2, 0) is 34.1 Å². The van der Waals surface area contributed by atoms with Crippen LogP contribution in [0.1, 0.15) is 12.0 Å². The molecule has 1 amide bonds. The minimum absolute atomic E-state index is 0.0466. The number of hydrogen-bond donors (Lipinski definition) is 0. The Labute approximate surface area is 144 Å². The van der Waals surface area contributed by atoms with Crippen molar-refractivity contribution < 1.29 is 28.7 Å². The highest BCUT2D eigenvalue weighted by molar-refractivity contribution is 6.11. The molecule has 0 aromatic heterocycles. The molecule has 130 valence electrons. The van der Waals surface area contributed by atoms with Crippen molar-refractivity contribution >= 4 is 23.3 Å². The molecule has 3 unspecified atom stereocenters. The molecule has 7 heteroatoms. The van der Waals surface area contributed by atoms with Gasteiger partial charge in [0.25, 0.3) is 5.91 Å². The summed E-state index contributed by atoms with van der Waals surface area (Å²) in [4.78, 5) is 43.4. The van der Waals surface area contributed by atoms with Gasteiger partial charge in [-0.2, -0.15) is 5.06 Å². The lowest BCUT2D eigenvalue weighted by molar-refractivity contribution is -0.139. The number of methoxy groups -OCH3 is 1. The minimum atomic E-state index is -1.23. The molecular weight excluding hydrogens is 326 g/mol. The summed E-state index contributed by atoms with van der Waals surface area (Å²) in [6.07, 6.45) is 0.784. The molecule has 1 aromatic rings. The van der Waals surface area contributed by atoms with Gasteiger partial charge in [-0.1, -0.05) is 18.2 Å². The summed E-state index contributed by atoms with van der Waals surface area (Å²) in [5, 5.41) is 1.19. The van der Waals surface area contributed by atoms with Gasteiger partial charge in [0.05, 0.1) is 38.5 Å². The zero-order chi connectivity index (χ0) is 17.8. The highest BCUT2D eigenvalue weighted by Crippen LogP contribution is 2.51. The normalized spacial score (nSPS) is 30.3. The molecule has 1 saturated heterocycles. The Morgan fingerprint density at radius 3 is 2.76 bits per heavy atom. The van der Waals surface area contributed by atoms with Crippen molar-refractivity contribution in [2.75, 3.05) is 25.9 Å². The number of para-hydroxylation sites is 1. The number of esters is 1. The number of carbonyl (C=O) groups is 3. The summed E-state index contributed by atoms with van der Waals surface area (Å²) in [5.74, 6) is -1.85. The molecule has 0 N–H and O–H groups in total. The molecule has 3 aliphatic heterocycles. The van der Waals surface area contributed by atoms with Gasteiger partial charge in [0, 0.05) is 12.0 Å². The Morgan fingerprint density at radius 1 is 1.28 bits per heavy atom. The molecule has 2 bridgehead atoms. The van der Waals surface area contributed by atoms with Crippen LogP contribution in [0.3, 0.4) is 0 Å². The number of ether oxygens (including phenoxy) is 2. The second kappa shape index (κ2) is 5.50. The van der Waals surface area contributed by atoms with Gasteiger partial charge in [-0.15, -0.1) is 0 Å². The van der Waals surface area contributed by atoms with E-state index in [1.54, 1.807) is 30.3 Å². The maximum absolute atomic E-state index is 13.2. The Balaban J connectivity index is 1.93. The fourth-order valence-electron chi connectivity index (χ4n) is 4.06. The molecule has 4 aliphatic rings. The van der Waals surface area contributed by atoms with Crippen molar-refractivity contribution in [3.05, 3.63) is 41.5 Å². The van der Waals surface area contributed by atoms with Crippen molar-refractivity contribution in [1.29, 1.82) is 0 Å². The van der Waals surface area contributed by atoms with Crippen LogP contribution < -0.4 is 5.06 Å². The molecule has 1 fully saturated rings. The zero-order valence-corrected chi connectivity index (χ0v) is 13.9. The maximum atomic E-state index is 13.2. The number of hydrogen-bond acceptors (Lipinski definition) is 6. The molecular formula is C18H17NO6. The van der Waals surface area contributed by atoms with E-state index in [0.29, 0.717) is 11.3 Å². The second-order valence-corrected chi connectivity index (χ2v) is 6.33. The van der Waals surface area contributed by atoms with Crippen LogP contribution in [0.25, 0.3) is 0 Å². The van der Waals surface area contributed by atoms with Crippen molar-refractivity contribution in [2.24, 2.45) is 5.92 Å². The molecule has 1 aliphatic carbocycles. The van der Waals surface area contributed by atoms with Crippen molar-refractivity contribution in [2.45, 2.75) is 17.9 Å². The SMILES string of the molecule is COC(=O)C1=CC2OCC1C(=O)CC21C(=O)N(OC)c2ccccc21. The lowest BCUT2D eigenvalue weighted by Gasteiger charge is -2.33. The van der Waals surface area contributed by atoms with Crippen LogP contribution in [0.15, 0.2) is 35.9 Å². The van der Waals surface area contributed by atoms with Crippen molar-refractivity contribution in [1.82, 2.24) is 0 Å². The van der Waals surface area contributed by atoms with Gasteiger partial charge in [-0.25, -0.2) is 4.79 Å². The van der Waals surface area contributed by atoms with Crippen molar-refractivity contribution in [3.8, 4) is 0 Å². The van der Waals surface area contributed by atoms with Gasteiger partial charge >= 0.3 is 5.97 Å². The van der Waals surface area contributed by atoms with Crippen LogP contribution in [0, 0.1) is 5.92 Å². The minimum Gasteiger partial charge on any atom is -0.466 e. The molecule has 0 radical (unpaired) electrons. The predicted molar refractivity (Wildman–Crippen MR) is 85.6 cm³/mol. The number of anilines is 1. The second-order valence-electron chi connectivity index (χ2n) is 6.33. The number of fused-ring (bicyclic) bond motifs is 3. The summed E-state index contributed by atoms with van der Waals surface area (Å²) < 4.78 is 10.6. The largest absolute Gasteiger partial charge is 0.466 e. The van der Waals surface area contributed by atoms with Crippen LogP contribution in [0.5, 0.6) is 0 Å². The van der Waals surface area contributed by atoms with E-state index in [4.69, 9.17) is 14.3 Å². The van der Waals surface area contributed by atoms with E-state index in [9.17, 15) is 14.4 Å². The fraction of sp³-hybridized carbons (Fsp3) is 0.389. The zero-order valence-electron chi connectivity index (χ0n) is 13.9. The van der Waals surface area contributed by atoms with Gasteiger partial charge in [-0.05, 0) is 17.7 Å².